The van der Waals surface area contributed by atoms with Crippen molar-refractivity contribution in [1.82, 2.24) is 0 Å². The Balaban J connectivity index is 2.25. The minimum atomic E-state index is -1.11. The third-order valence-electron chi connectivity index (χ3n) is 3.39. The summed E-state index contributed by atoms with van der Waals surface area (Å²) in [5.41, 5.74) is -2.04. The van der Waals surface area contributed by atoms with E-state index < -0.39 is 17.0 Å². The summed E-state index contributed by atoms with van der Waals surface area (Å²) in [6.07, 6.45) is 1.36. The largest absolute Gasteiger partial charge is 0.468 e. The summed E-state index contributed by atoms with van der Waals surface area (Å²) in [4.78, 5) is 11.8. The van der Waals surface area contributed by atoms with Gasteiger partial charge in [0.2, 0.25) is 0 Å². The number of methoxy groups -OCH3 is 1. The van der Waals surface area contributed by atoms with Gasteiger partial charge in [-0.2, -0.15) is 0 Å². The smallest absolute Gasteiger partial charge is 0.317 e. The second kappa shape index (κ2) is 3.73. The predicted octanol–water partition coefficient (Wildman–Crippen LogP) is -0.283. The second-order valence-electron chi connectivity index (χ2n) is 4.25. The van der Waals surface area contributed by atoms with Crippen LogP contribution in [0.1, 0.15) is 12.8 Å². The highest BCUT2D eigenvalue weighted by atomic mass is 16.6. The van der Waals surface area contributed by atoms with Crippen LogP contribution >= 0.6 is 0 Å². The van der Waals surface area contributed by atoms with E-state index in [0.717, 1.165) is 6.42 Å². The molecule has 0 aromatic heterocycles. The average molecular weight is 216 g/mol. The van der Waals surface area contributed by atoms with Crippen molar-refractivity contribution in [3.8, 4) is 0 Å². The summed E-state index contributed by atoms with van der Waals surface area (Å²) in [6.45, 7) is 1.23. The highest BCUT2D eigenvalue weighted by Crippen LogP contribution is 2.44. The normalized spacial score (nSPS) is 34.3. The van der Waals surface area contributed by atoms with E-state index in [1.165, 1.54) is 7.11 Å². The van der Waals surface area contributed by atoms with E-state index in [9.17, 15) is 9.90 Å². The van der Waals surface area contributed by atoms with Crippen LogP contribution < -0.4 is 0 Å². The fourth-order valence-corrected chi connectivity index (χ4v) is 2.28. The molecule has 0 aromatic carbocycles. The van der Waals surface area contributed by atoms with Crippen LogP contribution in [-0.2, 0) is 19.0 Å². The summed E-state index contributed by atoms with van der Waals surface area (Å²) in [6, 6.07) is 0. The van der Waals surface area contributed by atoms with Gasteiger partial charge in [-0.25, -0.2) is 0 Å². The number of ether oxygens (including phenoxy) is 3. The molecule has 86 valence electrons. The lowest BCUT2D eigenvalue weighted by Crippen LogP contribution is -2.67. The van der Waals surface area contributed by atoms with Crippen LogP contribution in [0.2, 0.25) is 0 Å². The Morgan fingerprint density at radius 1 is 1.33 bits per heavy atom. The van der Waals surface area contributed by atoms with Gasteiger partial charge in [0.1, 0.15) is 11.0 Å². The SMILES string of the molecule is COC(=O)C1(C2(O)COC2)CCCOC1. The van der Waals surface area contributed by atoms with Crippen LogP contribution in [0.4, 0.5) is 0 Å². The molecule has 0 spiro atoms. The average Bonchev–Trinajstić information content (AvgIpc) is 2.25. The van der Waals surface area contributed by atoms with Gasteiger partial charge in [0.25, 0.3) is 0 Å². The maximum Gasteiger partial charge on any atom is 0.317 e. The maximum atomic E-state index is 11.8. The monoisotopic (exact) mass is 216 g/mol. The van der Waals surface area contributed by atoms with Crippen molar-refractivity contribution in [3.63, 3.8) is 0 Å². The van der Waals surface area contributed by atoms with E-state index in [-0.39, 0.29) is 19.8 Å². The van der Waals surface area contributed by atoms with Crippen LogP contribution in [-0.4, -0.2) is 50.2 Å². The second-order valence-corrected chi connectivity index (χ2v) is 4.25. The molecule has 0 aliphatic carbocycles. The van der Waals surface area contributed by atoms with Crippen molar-refractivity contribution in [2.75, 3.05) is 33.5 Å². The predicted molar refractivity (Wildman–Crippen MR) is 50.3 cm³/mol. The maximum absolute atomic E-state index is 11.8. The Bertz CT molecular complexity index is 253. The van der Waals surface area contributed by atoms with Gasteiger partial charge in [0, 0.05) is 6.61 Å². The highest BCUT2D eigenvalue weighted by Gasteiger charge is 2.61. The van der Waals surface area contributed by atoms with Crippen molar-refractivity contribution < 1.29 is 24.1 Å². The first-order valence-corrected chi connectivity index (χ1v) is 5.11. The van der Waals surface area contributed by atoms with E-state index in [4.69, 9.17) is 14.2 Å². The molecule has 1 N–H and O–H groups in total. The Hall–Kier alpha value is -0.650. The molecule has 0 radical (unpaired) electrons. The van der Waals surface area contributed by atoms with Gasteiger partial charge < -0.3 is 19.3 Å². The van der Waals surface area contributed by atoms with Crippen LogP contribution in [0.15, 0.2) is 0 Å². The topological polar surface area (TPSA) is 65.0 Å². The Morgan fingerprint density at radius 2 is 2.07 bits per heavy atom. The summed E-state index contributed by atoms with van der Waals surface area (Å²) in [5.74, 6) is -0.395. The minimum absolute atomic E-state index is 0.186. The van der Waals surface area contributed by atoms with Crippen LogP contribution in [0.25, 0.3) is 0 Å². The van der Waals surface area contributed by atoms with E-state index in [2.05, 4.69) is 0 Å². The third-order valence-corrected chi connectivity index (χ3v) is 3.39. The Kier molecular flexibility index (Phi) is 2.70. The fourth-order valence-electron chi connectivity index (χ4n) is 2.28. The number of rotatable bonds is 2. The molecule has 2 aliphatic heterocycles. The summed E-state index contributed by atoms with van der Waals surface area (Å²) >= 11 is 0. The van der Waals surface area contributed by atoms with Crippen molar-refractivity contribution in [2.24, 2.45) is 5.41 Å². The number of carbonyl (C=O) groups excluding carboxylic acids is 1. The standard InChI is InChI=1S/C10H16O5/c1-13-8(11)9(3-2-4-14-5-9)10(12)6-15-7-10/h12H,2-7H2,1H3. The van der Waals surface area contributed by atoms with Crippen LogP contribution in [0.5, 0.6) is 0 Å². The van der Waals surface area contributed by atoms with Gasteiger partial charge in [0.05, 0.1) is 26.9 Å². The van der Waals surface area contributed by atoms with Gasteiger partial charge >= 0.3 is 5.97 Å². The molecule has 0 bridgehead atoms. The van der Waals surface area contributed by atoms with Gasteiger partial charge in [-0.05, 0) is 12.8 Å². The molecule has 2 saturated heterocycles. The highest BCUT2D eigenvalue weighted by molar-refractivity contribution is 5.79. The fraction of sp³-hybridized carbons (Fsp3) is 0.900. The lowest BCUT2D eigenvalue weighted by Gasteiger charge is -2.50. The Labute approximate surface area is 88.3 Å². The van der Waals surface area contributed by atoms with Gasteiger partial charge in [-0.15, -0.1) is 0 Å². The molecule has 2 aliphatic rings. The quantitative estimate of drug-likeness (QED) is 0.643. The number of hydrogen-bond acceptors (Lipinski definition) is 5. The lowest BCUT2D eigenvalue weighted by atomic mass is 9.67. The van der Waals surface area contributed by atoms with Gasteiger partial charge in [-0.3, -0.25) is 4.79 Å². The van der Waals surface area contributed by atoms with Crippen LogP contribution in [0, 0.1) is 5.41 Å². The molecular weight excluding hydrogens is 200 g/mol. The van der Waals surface area contributed by atoms with Gasteiger partial charge in [-0.1, -0.05) is 0 Å². The summed E-state index contributed by atoms with van der Waals surface area (Å²) < 4.78 is 15.1. The zero-order valence-corrected chi connectivity index (χ0v) is 8.82. The summed E-state index contributed by atoms with van der Waals surface area (Å²) in [7, 11) is 1.33. The van der Waals surface area contributed by atoms with E-state index in [1.54, 1.807) is 0 Å². The molecule has 0 amide bonds. The van der Waals surface area contributed by atoms with Gasteiger partial charge in [0.15, 0.2) is 0 Å². The number of carbonyl (C=O) groups is 1. The lowest BCUT2D eigenvalue weighted by molar-refractivity contribution is -0.264. The van der Waals surface area contributed by atoms with E-state index >= 15 is 0 Å². The molecule has 1 unspecified atom stereocenters. The van der Waals surface area contributed by atoms with E-state index in [1.807, 2.05) is 0 Å². The van der Waals surface area contributed by atoms with E-state index in [0.29, 0.717) is 13.0 Å². The molecule has 2 rings (SSSR count). The molecule has 0 aromatic rings. The molecule has 2 heterocycles. The zero-order chi connectivity index (χ0) is 10.9. The molecule has 5 heteroatoms. The minimum Gasteiger partial charge on any atom is -0.468 e. The molecule has 0 saturated carbocycles. The number of esters is 1. The molecule has 1 atom stereocenters. The van der Waals surface area contributed by atoms with Crippen molar-refractivity contribution >= 4 is 5.97 Å². The third kappa shape index (κ3) is 1.46. The van der Waals surface area contributed by atoms with Crippen molar-refractivity contribution in [2.45, 2.75) is 18.4 Å². The molecule has 15 heavy (non-hydrogen) atoms. The van der Waals surface area contributed by atoms with Crippen molar-refractivity contribution in [1.29, 1.82) is 0 Å². The van der Waals surface area contributed by atoms with Crippen LogP contribution in [0.3, 0.4) is 0 Å². The first-order valence-electron chi connectivity index (χ1n) is 5.11. The molecular formula is C10H16O5. The first-order chi connectivity index (χ1) is 7.15. The summed E-state index contributed by atoms with van der Waals surface area (Å²) in [5, 5.41) is 10.3. The first kappa shape index (κ1) is 10.9. The molecule has 5 nitrogen and oxygen atoms in total. The van der Waals surface area contributed by atoms with Crippen molar-refractivity contribution in [3.05, 3.63) is 0 Å². The molecule has 2 fully saturated rings. The number of hydrogen-bond donors (Lipinski definition) is 1. The Morgan fingerprint density at radius 3 is 2.47 bits per heavy atom. The zero-order valence-electron chi connectivity index (χ0n) is 8.82. The number of aliphatic hydroxyl groups is 1.